The van der Waals surface area contributed by atoms with Crippen molar-refractivity contribution in [3.8, 4) is 0 Å². The molecule has 20 heavy (non-hydrogen) atoms. The molecule has 104 valence electrons. The number of hydrogen-bond donors (Lipinski definition) is 0. The topological polar surface area (TPSA) is 97.6 Å². The molecule has 1 aromatic carbocycles. The fourth-order valence-corrected chi connectivity index (χ4v) is 2.09. The monoisotopic (exact) mass is 276 g/mol. The summed E-state index contributed by atoms with van der Waals surface area (Å²) in [6.45, 7) is 1.66. The fraction of sp³-hybridized carbons (Fsp3) is 0.308. The molecule has 0 aromatic heterocycles. The van der Waals surface area contributed by atoms with Crippen LogP contribution in [0.4, 0.5) is 11.4 Å². The van der Waals surface area contributed by atoms with Gasteiger partial charge in [-0.25, -0.2) is 0 Å². The van der Waals surface area contributed by atoms with Crippen LogP contribution in [0.1, 0.15) is 30.1 Å². The number of carbonyl (C=O) groups is 3. The molecule has 0 bridgehead atoms. The van der Waals surface area contributed by atoms with E-state index in [-0.39, 0.29) is 29.3 Å². The summed E-state index contributed by atoms with van der Waals surface area (Å²) in [5.74, 6) is -1.78. The van der Waals surface area contributed by atoms with E-state index < -0.39 is 16.6 Å². The standard InChI is InChI=1S/C13H12N2O5/c1-2-3-9(16)7-14-11-5-4-8(15(19)20)6-10(11)12(17)13(14)18/h4-6H,2-3,7H2,1H3. The molecule has 0 radical (unpaired) electrons. The van der Waals surface area contributed by atoms with Crippen LogP contribution < -0.4 is 4.90 Å². The van der Waals surface area contributed by atoms with Gasteiger partial charge in [0.05, 0.1) is 22.7 Å². The first-order valence-corrected chi connectivity index (χ1v) is 6.12. The highest BCUT2D eigenvalue weighted by Gasteiger charge is 2.37. The summed E-state index contributed by atoms with van der Waals surface area (Å²) in [5, 5.41) is 10.7. The molecule has 0 saturated carbocycles. The third kappa shape index (κ3) is 2.29. The highest BCUT2D eigenvalue weighted by atomic mass is 16.6. The second-order valence-electron chi connectivity index (χ2n) is 4.47. The van der Waals surface area contributed by atoms with Crippen molar-refractivity contribution < 1.29 is 19.3 Å². The summed E-state index contributed by atoms with van der Waals surface area (Å²) in [4.78, 5) is 46.4. The number of non-ortho nitro benzene ring substituents is 1. The average molecular weight is 276 g/mol. The average Bonchev–Trinajstić information content (AvgIpc) is 2.64. The van der Waals surface area contributed by atoms with Crippen molar-refractivity contribution in [2.24, 2.45) is 0 Å². The number of nitro groups is 1. The van der Waals surface area contributed by atoms with Crippen molar-refractivity contribution in [3.63, 3.8) is 0 Å². The second-order valence-corrected chi connectivity index (χ2v) is 4.47. The van der Waals surface area contributed by atoms with E-state index in [0.29, 0.717) is 12.8 Å². The van der Waals surface area contributed by atoms with E-state index in [1.165, 1.54) is 12.1 Å². The van der Waals surface area contributed by atoms with E-state index in [4.69, 9.17) is 0 Å². The lowest BCUT2D eigenvalue weighted by atomic mass is 10.1. The smallest absolute Gasteiger partial charge is 0.298 e. The summed E-state index contributed by atoms with van der Waals surface area (Å²) in [5.41, 5.74) is -0.0183. The Morgan fingerprint density at radius 1 is 1.35 bits per heavy atom. The number of nitrogens with zero attached hydrogens (tertiary/aromatic N) is 2. The van der Waals surface area contributed by atoms with Crippen molar-refractivity contribution in [2.45, 2.75) is 19.8 Å². The Balaban J connectivity index is 2.36. The first-order chi connectivity index (χ1) is 9.45. The van der Waals surface area contributed by atoms with E-state index in [2.05, 4.69) is 0 Å². The van der Waals surface area contributed by atoms with Crippen molar-refractivity contribution in [1.82, 2.24) is 0 Å². The van der Waals surface area contributed by atoms with Gasteiger partial charge in [-0.05, 0) is 12.5 Å². The van der Waals surface area contributed by atoms with Crippen LogP contribution in [-0.4, -0.2) is 28.9 Å². The predicted octanol–water partition coefficient (Wildman–Crippen LogP) is 1.49. The Morgan fingerprint density at radius 3 is 2.65 bits per heavy atom. The Bertz CT molecular complexity index is 623. The molecule has 1 aliphatic heterocycles. The number of anilines is 1. The van der Waals surface area contributed by atoms with Crippen LogP contribution in [0.15, 0.2) is 18.2 Å². The Kier molecular flexibility index (Phi) is 3.60. The van der Waals surface area contributed by atoms with Gasteiger partial charge in [-0.2, -0.15) is 0 Å². The lowest BCUT2D eigenvalue weighted by Crippen LogP contribution is -2.34. The number of rotatable bonds is 5. The maximum Gasteiger partial charge on any atom is 0.299 e. The third-order valence-corrected chi connectivity index (χ3v) is 3.03. The van der Waals surface area contributed by atoms with Gasteiger partial charge in [0, 0.05) is 18.6 Å². The summed E-state index contributed by atoms with van der Waals surface area (Å²) < 4.78 is 0. The van der Waals surface area contributed by atoms with Gasteiger partial charge in [0.1, 0.15) is 0 Å². The minimum absolute atomic E-state index is 0.0199. The number of ketones is 2. The molecular formula is C13H12N2O5. The Labute approximate surface area is 114 Å². The van der Waals surface area contributed by atoms with Gasteiger partial charge in [0.25, 0.3) is 17.4 Å². The van der Waals surface area contributed by atoms with Gasteiger partial charge >= 0.3 is 0 Å². The lowest BCUT2D eigenvalue weighted by molar-refractivity contribution is -0.384. The van der Waals surface area contributed by atoms with Gasteiger partial charge in [-0.1, -0.05) is 6.92 Å². The molecule has 0 spiro atoms. The first-order valence-electron chi connectivity index (χ1n) is 6.12. The predicted molar refractivity (Wildman–Crippen MR) is 69.7 cm³/mol. The van der Waals surface area contributed by atoms with Crippen LogP contribution >= 0.6 is 0 Å². The molecule has 0 atom stereocenters. The highest BCUT2D eigenvalue weighted by Crippen LogP contribution is 2.31. The Morgan fingerprint density at radius 2 is 2.05 bits per heavy atom. The summed E-state index contributed by atoms with van der Waals surface area (Å²) >= 11 is 0. The molecular weight excluding hydrogens is 264 g/mol. The van der Waals surface area contributed by atoms with E-state index in [1.54, 1.807) is 0 Å². The zero-order chi connectivity index (χ0) is 14.9. The Hall–Kier alpha value is -2.57. The molecule has 0 saturated heterocycles. The van der Waals surface area contributed by atoms with E-state index in [1.807, 2.05) is 6.92 Å². The van der Waals surface area contributed by atoms with Crippen molar-refractivity contribution in [1.29, 1.82) is 0 Å². The maximum absolute atomic E-state index is 11.8. The fourth-order valence-electron chi connectivity index (χ4n) is 2.09. The number of carbonyl (C=O) groups excluding carboxylic acids is 3. The number of fused-ring (bicyclic) bond motifs is 1. The lowest BCUT2D eigenvalue weighted by Gasteiger charge is -2.14. The molecule has 1 amide bonds. The second kappa shape index (κ2) is 5.20. The third-order valence-electron chi connectivity index (χ3n) is 3.03. The van der Waals surface area contributed by atoms with Gasteiger partial charge in [0.2, 0.25) is 0 Å². The van der Waals surface area contributed by atoms with E-state index >= 15 is 0 Å². The maximum atomic E-state index is 11.8. The van der Waals surface area contributed by atoms with Crippen LogP contribution in [-0.2, 0) is 9.59 Å². The minimum Gasteiger partial charge on any atom is -0.298 e. The highest BCUT2D eigenvalue weighted by molar-refractivity contribution is 6.52. The molecule has 1 aliphatic rings. The minimum atomic E-state index is -0.815. The van der Waals surface area contributed by atoms with Crippen LogP contribution in [0.25, 0.3) is 0 Å². The van der Waals surface area contributed by atoms with Crippen LogP contribution in [0.3, 0.4) is 0 Å². The van der Waals surface area contributed by atoms with Gasteiger partial charge in [-0.15, -0.1) is 0 Å². The van der Waals surface area contributed by atoms with Gasteiger partial charge < -0.3 is 0 Å². The molecule has 0 N–H and O–H groups in total. The normalized spacial score (nSPS) is 13.6. The molecule has 2 rings (SSSR count). The van der Waals surface area contributed by atoms with Crippen molar-refractivity contribution >= 4 is 28.8 Å². The molecule has 0 unspecified atom stereocenters. The number of amides is 1. The van der Waals surface area contributed by atoms with Gasteiger partial charge in [0.15, 0.2) is 5.78 Å². The van der Waals surface area contributed by atoms with Crippen molar-refractivity contribution in [2.75, 3.05) is 11.4 Å². The number of Topliss-reactive ketones (excluding diaryl/α,β-unsaturated/α-hetero) is 2. The zero-order valence-electron chi connectivity index (χ0n) is 10.8. The molecule has 1 aromatic rings. The van der Waals surface area contributed by atoms with Crippen molar-refractivity contribution in [3.05, 3.63) is 33.9 Å². The van der Waals surface area contributed by atoms with Gasteiger partial charge in [-0.3, -0.25) is 29.4 Å². The van der Waals surface area contributed by atoms with Crippen LogP contribution in [0.2, 0.25) is 0 Å². The number of hydrogen-bond acceptors (Lipinski definition) is 5. The molecule has 1 heterocycles. The molecule has 7 heteroatoms. The summed E-state index contributed by atoms with van der Waals surface area (Å²) in [6, 6.07) is 3.61. The van der Waals surface area contributed by atoms with E-state index in [9.17, 15) is 24.5 Å². The summed E-state index contributed by atoms with van der Waals surface area (Å²) in [6.07, 6.45) is 0.974. The zero-order valence-corrected chi connectivity index (χ0v) is 10.8. The number of nitro benzene ring substituents is 1. The largest absolute Gasteiger partial charge is 0.299 e. The molecule has 7 nitrogen and oxygen atoms in total. The summed E-state index contributed by atoms with van der Waals surface area (Å²) in [7, 11) is 0. The van der Waals surface area contributed by atoms with Crippen LogP contribution in [0, 0.1) is 10.1 Å². The molecule has 0 fully saturated rings. The quantitative estimate of drug-likeness (QED) is 0.461. The van der Waals surface area contributed by atoms with E-state index in [0.717, 1.165) is 11.0 Å². The number of benzene rings is 1. The SMILES string of the molecule is CCCC(=O)CN1C(=O)C(=O)c2cc([N+](=O)[O-])ccc21. The van der Waals surface area contributed by atoms with Crippen LogP contribution in [0.5, 0.6) is 0 Å². The first kappa shape index (κ1) is 13.9. The molecule has 0 aliphatic carbocycles.